The van der Waals surface area contributed by atoms with Crippen LogP contribution >= 0.6 is 0 Å². The van der Waals surface area contributed by atoms with Gasteiger partial charge in [-0.15, -0.1) is 0 Å². The molecule has 2 amide bonds. The van der Waals surface area contributed by atoms with Gasteiger partial charge < -0.3 is 35.8 Å². The number of nitriles is 1. The number of halogens is 1. The summed E-state index contributed by atoms with van der Waals surface area (Å²) in [4.78, 5) is 60.6. The van der Waals surface area contributed by atoms with Crippen molar-refractivity contribution in [2.75, 3.05) is 56.2 Å². The van der Waals surface area contributed by atoms with Gasteiger partial charge in [0.15, 0.2) is 5.70 Å². The van der Waals surface area contributed by atoms with Crippen molar-refractivity contribution >= 4 is 59.3 Å². The van der Waals surface area contributed by atoms with Gasteiger partial charge in [0.05, 0.1) is 29.2 Å². The fourth-order valence-corrected chi connectivity index (χ4v) is 6.28. The molecular weight excluding hydrogens is 744 g/mol. The minimum Gasteiger partial charge on any atom is -0.492 e. The van der Waals surface area contributed by atoms with Crippen LogP contribution in [0, 0.1) is 17.1 Å². The van der Waals surface area contributed by atoms with Crippen molar-refractivity contribution in [2.45, 2.75) is 32.5 Å². The number of aliphatic hydroxyl groups excluding tert-OH is 1. The predicted octanol–water partition coefficient (Wildman–Crippen LogP) is 4.39. The SMILES string of the molecule is C=N/C(C(=O)N1CCN(Cc2cccc(Nc3nc(NCc4nc5cc(F)ccc5[nH]4)nc(N[C@@H](Cc4ccc(C#N)cc4)C(=O)N(C)C)n3)c2)CC1)=C(O)\N=C/C. The summed E-state index contributed by atoms with van der Waals surface area (Å²) < 4.78 is 13.8. The fourth-order valence-electron chi connectivity index (χ4n) is 6.28. The lowest BCUT2D eigenvalue weighted by molar-refractivity contribution is -0.130. The molecule has 298 valence electrons. The standard InChI is InChI=1S/C40H43FN14O3/c1-5-44-35(56)34(43-2)37(58)55-17-15-54(16-18-55)24-27-7-6-8-29(19-27)46-39-50-38(45-23-33-47-30-14-13-28(41)21-31(30)48-33)51-40(52-39)49-32(36(57)53(3)4)20-25-9-11-26(22-42)12-10-25/h5-14,19,21,32,56H,2,15-18,20,23-24H2,1,3-4H3,(H,47,48)(H3,45,46,49,50,51,52)/b35-34+,44-5-/t32-/m0/s1. The first-order chi connectivity index (χ1) is 28.0. The predicted molar refractivity (Wildman–Crippen MR) is 219 cm³/mol. The van der Waals surface area contributed by atoms with Crippen LogP contribution in [0.2, 0.25) is 0 Å². The number of H-pyrrole nitrogens is 1. The number of amides is 2. The van der Waals surface area contributed by atoms with Crippen LogP contribution in [0.1, 0.15) is 29.4 Å². The minimum atomic E-state index is -0.762. The molecular formula is C40H43FN14O3. The number of hydrogen-bond donors (Lipinski definition) is 5. The Kier molecular flexibility index (Phi) is 12.9. The Morgan fingerprint density at radius 3 is 2.47 bits per heavy atom. The van der Waals surface area contributed by atoms with Crippen LogP contribution in [0.25, 0.3) is 11.0 Å². The Hall–Kier alpha value is -7.26. The van der Waals surface area contributed by atoms with Crippen LogP contribution in [0.4, 0.5) is 27.9 Å². The molecule has 2 aromatic heterocycles. The zero-order valence-corrected chi connectivity index (χ0v) is 32.3. The molecule has 0 radical (unpaired) electrons. The van der Waals surface area contributed by atoms with Crippen molar-refractivity contribution in [3.8, 4) is 6.07 Å². The summed E-state index contributed by atoms with van der Waals surface area (Å²) in [6.45, 7) is 7.88. The highest BCUT2D eigenvalue weighted by Gasteiger charge is 2.26. The van der Waals surface area contributed by atoms with Gasteiger partial charge in [-0.3, -0.25) is 19.5 Å². The van der Waals surface area contributed by atoms with E-state index in [1.807, 2.05) is 24.3 Å². The summed E-state index contributed by atoms with van der Waals surface area (Å²) in [6.07, 6.45) is 1.67. The topological polar surface area (TPSA) is 216 Å². The van der Waals surface area contributed by atoms with E-state index in [1.54, 1.807) is 56.3 Å². The fraction of sp³-hybridized carbons (Fsp3) is 0.275. The number of aliphatic imine (C=N–C) groups is 2. The number of aromatic amines is 1. The van der Waals surface area contributed by atoms with E-state index in [-0.39, 0.29) is 36.0 Å². The van der Waals surface area contributed by atoms with E-state index in [0.717, 1.165) is 11.1 Å². The number of anilines is 4. The minimum absolute atomic E-state index is 0.128. The van der Waals surface area contributed by atoms with Gasteiger partial charge in [0.2, 0.25) is 29.6 Å². The smallest absolute Gasteiger partial charge is 0.278 e. The number of likely N-dealkylation sites (N-methyl/N-ethyl adjacent to an activating group) is 1. The van der Waals surface area contributed by atoms with Gasteiger partial charge in [-0.05, 0) is 61.2 Å². The van der Waals surface area contributed by atoms with Gasteiger partial charge in [-0.25, -0.2) is 14.4 Å². The molecule has 1 fully saturated rings. The maximum Gasteiger partial charge on any atom is 0.278 e. The molecule has 0 aliphatic carbocycles. The van der Waals surface area contributed by atoms with E-state index < -0.39 is 23.6 Å². The number of hydrogen-bond acceptors (Lipinski definition) is 14. The molecule has 6 rings (SSSR count). The third-order valence-corrected chi connectivity index (χ3v) is 9.18. The number of nitrogens with one attached hydrogen (secondary N) is 4. The molecule has 0 bridgehead atoms. The number of aliphatic hydroxyl groups is 1. The number of fused-ring (bicyclic) bond motifs is 1. The number of aromatic nitrogens is 5. The normalized spacial score (nSPS) is 14.1. The molecule has 3 aromatic carbocycles. The van der Waals surface area contributed by atoms with Crippen molar-refractivity contribution in [1.29, 1.82) is 5.26 Å². The number of piperazine rings is 1. The summed E-state index contributed by atoms with van der Waals surface area (Å²) in [7, 11) is 3.33. The van der Waals surface area contributed by atoms with Crippen molar-refractivity contribution in [2.24, 2.45) is 9.98 Å². The molecule has 3 heterocycles. The van der Waals surface area contributed by atoms with Crippen LogP contribution in [0.3, 0.4) is 0 Å². The molecule has 18 heteroatoms. The third kappa shape index (κ3) is 10.3. The number of benzene rings is 3. The molecule has 0 spiro atoms. The van der Waals surface area contributed by atoms with Crippen molar-refractivity contribution in [3.63, 3.8) is 0 Å². The second kappa shape index (κ2) is 18.6. The highest BCUT2D eigenvalue weighted by molar-refractivity contribution is 5.94. The van der Waals surface area contributed by atoms with Gasteiger partial charge in [-0.1, -0.05) is 24.3 Å². The van der Waals surface area contributed by atoms with Gasteiger partial charge in [0.1, 0.15) is 17.7 Å². The number of carbonyl (C=O) groups excluding carboxylic acids is 2. The van der Waals surface area contributed by atoms with E-state index in [2.05, 4.69) is 68.5 Å². The number of carbonyl (C=O) groups is 2. The Balaban J connectivity index is 1.20. The lowest BCUT2D eigenvalue weighted by Gasteiger charge is -2.34. The van der Waals surface area contributed by atoms with Gasteiger partial charge >= 0.3 is 0 Å². The van der Waals surface area contributed by atoms with Crippen LogP contribution in [-0.4, -0.2) is 116 Å². The second-order valence-corrected chi connectivity index (χ2v) is 13.6. The Morgan fingerprint density at radius 2 is 1.76 bits per heavy atom. The first kappa shape index (κ1) is 40.4. The molecule has 17 nitrogen and oxygen atoms in total. The monoisotopic (exact) mass is 786 g/mol. The maximum atomic E-state index is 13.8. The zero-order chi connectivity index (χ0) is 41.2. The number of nitrogens with zero attached hydrogens (tertiary/aromatic N) is 10. The van der Waals surface area contributed by atoms with Gasteiger partial charge in [0, 0.05) is 71.2 Å². The molecule has 1 aliphatic heterocycles. The van der Waals surface area contributed by atoms with Crippen LogP contribution in [-0.2, 0) is 29.1 Å². The molecule has 5 aromatic rings. The average Bonchev–Trinajstić information content (AvgIpc) is 3.62. The quantitative estimate of drug-likeness (QED) is 0.0568. The van der Waals surface area contributed by atoms with Crippen LogP contribution < -0.4 is 16.0 Å². The van der Waals surface area contributed by atoms with Crippen molar-refractivity contribution < 1.29 is 19.1 Å². The molecule has 1 atom stereocenters. The summed E-state index contributed by atoms with van der Waals surface area (Å²) in [5.74, 6) is -0.455. The van der Waals surface area contributed by atoms with E-state index >= 15 is 0 Å². The van der Waals surface area contributed by atoms with Crippen molar-refractivity contribution in [3.05, 3.63) is 107 Å². The molecule has 1 aliphatic rings. The maximum absolute atomic E-state index is 13.8. The third-order valence-electron chi connectivity index (χ3n) is 9.18. The molecule has 5 N–H and O–H groups in total. The summed E-state index contributed by atoms with van der Waals surface area (Å²) >= 11 is 0. The van der Waals surface area contributed by atoms with E-state index in [0.29, 0.717) is 67.3 Å². The Bertz CT molecular complexity index is 2380. The molecule has 0 unspecified atom stereocenters. The van der Waals surface area contributed by atoms with Crippen LogP contribution in [0.15, 0.2) is 88.3 Å². The Labute approximate surface area is 334 Å². The van der Waals surface area contributed by atoms with Crippen molar-refractivity contribution in [1.82, 2.24) is 39.6 Å². The summed E-state index contributed by atoms with van der Waals surface area (Å²) in [6, 6.07) is 20.4. The first-order valence-corrected chi connectivity index (χ1v) is 18.4. The lowest BCUT2D eigenvalue weighted by Crippen LogP contribution is -2.48. The number of imidazole rings is 1. The molecule has 0 saturated carbocycles. The zero-order valence-electron chi connectivity index (χ0n) is 32.3. The van der Waals surface area contributed by atoms with Crippen LogP contribution in [0.5, 0.6) is 0 Å². The lowest BCUT2D eigenvalue weighted by atomic mass is 10.0. The van der Waals surface area contributed by atoms with E-state index in [1.165, 1.54) is 23.2 Å². The largest absolute Gasteiger partial charge is 0.492 e. The van der Waals surface area contributed by atoms with Gasteiger partial charge in [0.25, 0.3) is 5.91 Å². The first-order valence-electron chi connectivity index (χ1n) is 18.4. The summed E-state index contributed by atoms with van der Waals surface area (Å²) in [5.41, 5.74) is 4.02. The van der Waals surface area contributed by atoms with E-state index in [9.17, 15) is 24.3 Å². The molecule has 58 heavy (non-hydrogen) atoms. The Morgan fingerprint density at radius 1 is 1.02 bits per heavy atom. The van der Waals surface area contributed by atoms with Gasteiger partial charge in [-0.2, -0.15) is 20.2 Å². The molecule has 1 saturated heterocycles. The average molecular weight is 787 g/mol. The number of rotatable bonds is 15. The second-order valence-electron chi connectivity index (χ2n) is 13.6. The van der Waals surface area contributed by atoms with E-state index in [4.69, 9.17) is 0 Å². The summed E-state index contributed by atoms with van der Waals surface area (Å²) in [5, 5.41) is 29.0. The highest BCUT2D eigenvalue weighted by atomic mass is 19.1. The highest BCUT2D eigenvalue weighted by Crippen LogP contribution is 2.21.